The fraction of sp³-hybridized carbons (Fsp3) is 0.357. The first kappa shape index (κ1) is 13.1. The van der Waals surface area contributed by atoms with Gasteiger partial charge in [0.2, 0.25) is 0 Å². The molecule has 4 heteroatoms. The number of likely N-dealkylation sites (N-methyl/N-ethyl adjacent to an activating group) is 1. The molecule has 0 saturated carbocycles. The van der Waals surface area contributed by atoms with Gasteiger partial charge in [-0.1, -0.05) is 23.7 Å². The van der Waals surface area contributed by atoms with E-state index < -0.39 is 0 Å². The molecular formula is C14H18ClN3. The Bertz CT molecular complexity index is 534. The summed E-state index contributed by atoms with van der Waals surface area (Å²) in [5, 5.41) is 8.48. The molecule has 3 nitrogen and oxygen atoms in total. The zero-order chi connectivity index (χ0) is 13.1. The predicted molar refractivity (Wildman–Crippen MR) is 74.9 cm³/mol. The molecule has 2 rings (SSSR count). The lowest BCUT2D eigenvalue weighted by Gasteiger charge is -2.17. The highest BCUT2D eigenvalue weighted by molar-refractivity contribution is 6.30. The van der Waals surface area contributed by atoms with Crippen LogP contribution in [0.5, 0.6) is 0 Å². The molecule has 0 radical (unpaired) electrons. The Morgan fingerprint density at radius 3 is 2.72 bits per heavy atom. The van der Waals surface area contributed by atoms with Gasteiger partial charge in [-0.15, -0.1) is 0 Å². The summed E-state index contributed by atoms with van der Waals surface area (Å²) in [4.78, 5) is 0. The number of hydrogen-bond donors (Lipinski definition) is 1. The normalized spacial score (nSPS) is 12.7. The molecule has 0 bridgehead atoms. The minimum atomic E-state index is 0.249. The van der Waals surface area contributed by atoms with E-state index in [9.17, 15) is 0 Å². The van der Waals surface area contributed by atoms with Gasteiger partial charge in [0.1, 0.15) is 0 Å². The highest BCUT2D eigenvalue weighted by Crippen LogP contribution is 2.21. The van der Waals surface area contributed by atoms with E-state index in [0.717, 1.165) is 17.1 Å². The van der Waals surface area contributed by atoms with E-state index >= 15 is 0 Å². The Labute approximate surface area is 113 Å². The molecule has 0 fully saturated rings. The molecule has 0 aliphatic rings. The molecule has 0 spiro atoms. The predicted octanol–water partition coefficient (Wildman–Crippen LogP) is 2.89. The van der Waals surface area contributed by atoms with Gasteiger partial charge in [-0.2, -0.15) is 5.10 Å². The van der Waals surface area contributed by atoms with Crippen molar-refractivity contribution >= 4 is 11.6 Å². The molecule has 1 aromatic heterocycles. The highest BCUT2D eigenvalue weighted by atomic mass is 35.5. The Morgan fingerprint density at radius 1 is 1.39 bits per heavy atom. The number of aryl methyl sites for hydroxylation is 2. The molecule has 1 N–H and O–H groups in total. The molecular weight excluding hydrogens is 246 g/mol. The quantitative estimate of drug-likeness (QED) is 0.919. The van der Waals surface area contributed by atoms with Gasteiger partial charge in [0.05, 0.1) is 5.69 Å². The van der Waals surface area contributed by atoms with Crippen LogP contribution in [0.1, 0.15) is 23.0 Å². The Kier molecular flexibility index (Phi) is 4.04. The van der Waals surface area contributed by atoms with Crippen molar-refractivity contribution in [1.29, 1.82) is 0 Å². The number of halogens is 1. The Balaban J connectivity index is 2.22. The van der Waals surface area contributed by atoms with Gasteiger partial charge < -0.3 is 5.32 Å². The fourth-order valence-electron chi connectivity index (χ4n) is 2.17. The van der Waals surface area contributed by atoms with Crippen molar-refractivity contribution in [2.24, 2.45) is 7.05 Å². The van der Waals surface area contributed by atoms with Crippen LogP contribution in [-0.2, 0) is 13.5 Å². The molecule has 0 saturated heterocycles. The third-order valence-corrected chi connectivity index (χ3v) is 3.35. The maximum atomic E-state index is 6.04. The summed E-state index contributed by atoms with van der Waals surface area (Å²) in [5.41, 5.74) is 3.46. The lowest BCUT2D eigenvalue weighted by molar-refractivity contribution is 0.561. The lowest BCUT2D eigenvalue weighted by Crippen LogP contribution is -2.20. The van der Waals surface area contributed by atoms with E-state index in [4.69, 9.17) is 11.6 Å². The van der Waals surface area contributed by atoms with Crippen LogP contribution >= 0.6 is 11.6 Å². The summed E-state index contributed by atoms with van der Waals surface area (Å²) < 4.78 is 1.93. The van der Waals surface area contributed by atoms with Crippen LogP contribution in [0.2, 0.25) is 5.02 Å². The van der Waals surface area contributed by atoms with Crippen LogP contribution in [0.15, 0.2) is 30.3 Å². The molecule has 0 aliphatic heterocycles. The number of aromatic nitrogens is 2. The lowest BCUT2D eigenvalue weighted by atomic mass is 10.0. The van der Waals surface area contributed by atoms with E-state index in [1.54, 1.807) is 0 Å². The first-order valence-corrected chi connectivity index (χ1v) is 6.40. The molecule has 0 amide bonds. The number of nitrogens with one attached hydrogen (secondary N) is 1. The second-order valence-electron chi connectivity index (χ2n) is 4.50. The van der Waals surface area contributed by atoms with Crippen molar-refractivity contribution < 1.29 is 0 Å². The third kappa shape index (κ3) is 2.92. The maximum Gasteiger partial charge on any atom is 0.0596 e. The Morgan fingerprint density at radius 2 is 2.17 bits per heavy atom. The monoisotopic (exact) mass is 263 g/mol. The summed E-state index contributed by atoms with van der Waals surface area (Å²) in [5.74, 6) is 0. The molecule has 18 heavy (non-hydrogen) atoms. The van der Waals surface area contributed by atoms with Crippen molar-refractivity contribution in [3.05, 3.63) is 52.3 Å². The molecule has 96 valence electrons. The van der Waals surface area contributed by atoms with Crippen LogP contribution in [0, 0.1) is 6.92 Å². The van der Waals surface area contributed by atoms with Crippen molar-refractivity contribution in [2.75, 3.05) is 7.05 Å². The number of rotatable bonds is 4. The molecule has 1 heterocycles. The van der Waals surface area contributed by atoms with E-state index in [1.807, 2.05) is 43.9 Å². The van der Waals surface area contributed by atoms with Gasteiger partial charge in [0.15, 0.2) is 0 Å². The highest BCUT2D eigenvalue weighted by Gasteiger charge is 2.13. The second kappa shape index (κ2) is 5.55. The maximum absolute atomic E-state index is 6.04. The van der Waals surface area contributed by atoms with E-state index in [1.165, 1.54) is 11.3 Å². The van der Waals surface area contributed by atoms with Gasteiger partial charge in [-0.05, 0) is 37.7 Å². The van der Waals surface area contributed by atoms with Crippen LogP contribution < -0.4 is 5.32 Å². The van der Waals surface area contributed by atoms with Gasteiger partial charge in [0.25, 0.3) is 0 Å². The smallest absolute Gasteiger partial charge is 0.0596 e. The van der Waals surface area contributed by atoms with Gasteiger partial charge >= 0.3 is 0 Å². The van der Waals surface area contributed by atoms with Crippen LogP contribution in [0.25, 0.3) is 0 Å². The minimum Gasteiger partial charge on any atom is -0.313 e. The van der Waals surface area contributed by atoms with Crippen molar-refractivity contribution in [3.8, 4) is 0 Å². The van der Waals surface area contributed by atoms with Gasteiger partial charge in [-0.3, -0.25) is 4.68 Å². The van der Waals surface area contributed by atoms with Crippen LogP contribution in [0.4, 0.5) is 0 Å². The summed E-state index contributed by atoms with van der Waals surface area (Å²) in [7, 11) is 3.95. The summed E-state index contributed by atoms with van der Waals surface area (Å²) in [6.07, 6.45) is 0.897. The number of benzene rings is 1. The van der Waals surface area contributed by atoms with Crippen LogP contribution in [0.3, 0.4) is 0 Å². The number of hydrogen-bond acceptors (Lipinski definition) is 2. The van der Waals surface area contributed by atoms with Gasteiger partial charge in [-0.25, -0.2) is 0 Å². The number of nitrogens with zero attached hydrogens (tertiary/aromatic N) is 2. The molecule has 1 atom stereocenters. The summed E-state index contributed by atoms with van der Waals surface area (Å²) in [6, 6.07) is 10.3. The van der Waals surface area contributed by atoms with E-state index in [2.05, 4.69) is 22.5 Å². The average molecular weight is 264 g/mol. The largest absolute Gasteiger partial charge is 0.313 e. The minimum absolute atomic E-state index is 0.249. The average Bonchev–Trinajstić information content (AvgIpc) is 2.64. The van der Waals surface area contributed by atoms with E-state index in [-0.39, 0.29) is 6.04 Å². The topological polar surface area (TPSA) is 29.9 Å². The Hall–Kier alpha value is -1.32. The van der Waals surface area contributed by atoms with Crippen molar-refractivity contribution in [2.45, 2.75) is 19.4 Å². The SMILES string of the molecule is CNC(Cc1cc(C)nn1C)c1cccc(Cl)c1. The summed E-state index contributed by atoms with van der Waals surface area (Å²) in [6.45, 7) is 2.01. The van der Waals surface area contributed by atoms with Crippen LogP contribution in [-0.4, -0.2) is 16.8 Å². The summed E-state index contributed by atoms with van der Waals surface area (Å²) >= 11 is 6.04. The molecule has 1 unspecified atom stereocenters. The second-order valence-corrected chi connectivity index (χ2v) is 4.94. The molecule has 1 aromatic carbocycles. The molecule has 2 aromatic rings. The first-order chi connectivity index (χ1) is 8.60. The third-order valence-electron chi connectivity index (χ3n) is 3.11. The molecule has 0 aliphatic carbocycles. The fourth-order valence-corrected chi connectivity index (χ4v) is 2.37. The van der Waals surface area contributed by atoms with Crippen molar-refractivity contribution in [3.63, 3.8) is 0 Å². The zero-order valence-electron chi connectivity index (χ0n) is 10.9. The van der Waals surface area contributed by atoms with Gasteiger partial charge in [0, 0.05) is 30.2 Å². The first-order valence-electron chi connectivity index (χ1n) is 6.02. The van der Waals surface area contributed by atoms with Crippen molar-refractivity contribution in [1.82, 2.24) is 15.1 Å². The zero-order valence-corrected chi connectivity index (χ0v) is 11.7. The van der Waals surface area contributed by atoms with E-state index in [0.29, 0.717) is 0 Å². The standard InChI is InChI=1S/C14H18ClN3/c1-10-7-13(18(3)17-10)9-14(16-2)11-5-4-6-12(15)8-11/h4-8,14,16H,9H2,1-3H3.